The first-order chi connectivity index (χ1) is 8.69. The van der Waals surface area contributed by atoms with Crippen molar-refractivity contribution in [2.75, 3.05) is 19.0 Å². The van der Waals surface area contributed by atoms with Crippen molar-refractivity contribution in [1.29, 1.82) is 0 Å². The zero-order chi connectivity index (χ0) is 13.0. The summed E-state index contributed by atoms with van der Waals surface area (Å²) < 4.78 is 6.29. The minimum atomic E-state index is 0.464. The Morgan fingerprint density at radius 1 is 1.56 bits per heavy atom. The van der Waals surface area contributed by atoms with Gasteiger partial charge >= 0.3 is 0 Å². The van der Waals surface area contributed by atoms with Crippen LogP contribution < -0.4 is 15.4 Å². The monoisotopic (exact) mass is 312 g/mol. The van der Waals surface area contributed by atoms with Crippen molar-refractivity contribution in [3.8, 4) is 5.75 Å². The Hall–Kier alpha value is -0.740. The van der Waals surface area contributed by atoms with E-state index in [-0.39, 0.29) is 0 Å². The fourth-order valence-electron chi connectivity index (χ4n) is 2.48. The molecule has 0 aliphatic carbocycles. The summed E-state index contributed by atoms with van der Waals surface area (Å²) in [5.74, 6) is 0.867. The molecule has 0 bridgehead atoms. The highest BCUT2D eigenvalue weighted by Gasteiger charge is 2.17. The van der Waals surface area contributed by atoms with Crippen LogP contribution >= 0.6 is 15.9 Å². The Morgan fingerprint density at radius 2 is 2.39 bits per heavy atom. The van der Waals surface area contributed by atoms with Crippen LogP contribution in [0.1, 0.15) is 26.2 Å². The first-order valence-corrected chi connectivity index (χ1v) is 7.32. The molecule has 1 aliphatic rings. The Morgan fingerprint density at radius 3 is 3.06 bits per heavy atom. The Kier molecular flexibility index (Phi) is 4.89. The zero-order valence-electron chi connectivity index (χ0n) is 11.0. The second kappa shape index (κ2) is 6.43. The van der Waals surface area contributed by atoms with E-state index < -0.39 is 0 Å². The van der Waals surface area contributed by atoms with Crippen LogP contribution in [-0.4, -0.2) is 25.7 Å². The van der Waals surface area contributed by atoms with Crippen LogP contribution in [0.25, 0.3) is 0 Å². The van der Waals surface area contributed by atoms with Gasteiger partial charge in [0.15, 0.2) is 0 Å². The molecule has 0 spiro atoms. The summed E-state index contributed by atoms with van der Waals surface area (Å²) >= 11 is 3.47. The molecule has 2 atom stereocenters. The molecule has 0 amide bonds. The van der Waals surface area contributed by atoms with Gasteiger partial charge in [-0.15, -0.1) is 0 Å². The van der Waals surface area contributed by atoms with Gasteiger partial charge in [-0.05, 0) is 60.8 Å². The highest BCUT2D eigenvalue weighted by atomic mass is 79.9. The van der Waals surface area contributed by atoms with Crippen LogP contribution in [0, 0.1) is 0 Å². The number of methoxy groups -OCH3 is 1. The minimum absolute atomic E-state index is 0.464. The zero-order valence-corrected chi connectivity index (χ0v) is 12.6. The summed E-state index contributed by atoms with van der Waals surface area (Å²) in [5.41, 5.74) is 1.11. The summed E-state index contributed by atoms with van der Waals surface area (Å²) in [6.45, 7) is 3.40. The van der Waals surface area contributed by atoms with E-state index in [0.717, 1.165) is 15.9 Å². The Balaban J connectivity index is 1.91. The maximum absolute atomic E-state index is 5.30. The van der Waals surface area contributed by atoms with E-state index in [2.05, 4.69) is 39.6 Å². The number of hydrogen-bond acceptors (Lipinski definition) is 3. The maximum Gasteiger partial charge on any atom is 0.135 e. The minimum Gasteiger partial charge on any atom is -0.495 e. The van der Waals surface area contributed by atoms with Crippen molar-refractivity contribution in [1.82, 2.24) is 5.32 Å². The van der Waals surface area contributed by atoms with E-state index in [1.165, 1.54) is 25.8 Å². The fourth-order valence-corrected chi connectivity index (χ4v) is 2.89. The van der Waals surface area contributed by atoms with Gasteiger partial charge in [0.25, 0.3) is 0 Å². The molecule has 2 N–H and O–H groups in total. The van der Waals surface area contributed by atoms with Crippen LogP contribution in [0.4, 0.5) is 5.69 Å². The van der Waals surface area contributed by atoms with E-state index in [1.54, 1.807) is 7.11 Å². The SMILES string of the molecule is COc1cc(NC(C)CC2CCCN2)ccc1Br. The largest absolute Gasteiger partial charge is 0.495 e. The molecule has 1 aromatic carbocycles. The smallest absolute Gasteiger partial charge is 0.135 e. The summed E-state index contributed by atoms with van der Waals surface area (Å²) in [4.78, 5) is 0. The molecule has 1 saturated heterocycles. The third-order valence-electron chi connectivity index (χ3n) is 3.36. The highest BCUT2D eigenvalue weighted by molar-refractivity contribution is 9.10. The van der Waals surface area contributed by atoms with Gasteiger partial charge in [0, 0.05) is 23.8 Å². The lowest BCUT2D eigenvalue weighted by Gasteiger charge is -2.19. The van der Waals surface area contributed by atoms with Crippen LogP contribution in [0.3, 0.4) is 0 Å². The number of benzene rings is 1. The number of anilines is 1. The van der Waals surface area contributed by atoms with Gasteiger partial charge in [-0.25, -0.2) is 0 Å². The van der Waals surface area contributed by atoms with Crippen molar-refractivity contribution >= 4 is 21.6 Å². The predicted octanol–water partition coefficient (Wildman–Crippen LogP) is 3.40. The molecule has 0 aromatic heterocycles. The van der Waals surface area contributed by atoms with Crippen molar-refractivity contribution in [3.63, 3.8) is 0 Å². The number of hydrogen-bond donors (Lipinski definition) is 2. The molecule has 0 saturated carbocycles. The lowest BCUT2D eigenvalue weighted by molar-refractivity contribution is 0.412. The Bertz CT molecular complexity index is 391. The first-order valence-electron chi connectivity index (χ1n) is 6.52. The van der Waals surface area contributed by atoms with Crippen LogP contribution in [0.2, 0.25) is 0 Å². The lowest BCUT2D eigenvalue weighted by Crippen LogP contribution is -2.29. The quantitative estimate of drug-likeness (QED) is 0.874. The van der Waals surface area contributed by atoms with E-state index in [9.17, 15) is 0 Å². The van der Waals surface area contributed by atoms with Crippen molar-refractivity contribution < 1.29 is 4.74 Å². The van der Waals surface area contributed by atoms with Crippen molar-refractivity contribution in [2.45, 2.75) is 38.3 Å². The summed E-state index contributed by atoms with van der Waals surface area (Å²) in [6, 6.07) is 7.26. The molecular weight excluding hydrogens is 292 g/mol. The molecule has 1 aliphatic heterocycles. The Labute approximate surface area is 117 Å². The number of halogens is 1. The average molecular weight is 313 g/mol. The number of nitrogens with one attached hydrogen (secondary N) is 2. The van der Waals surface area contributed by atoms with E-state index >= 15 is 0 Å². The predicted molar refractivity (Wildman–Crippen MR) is 79.4 cm³/mol. The van der Waals surface area contributed by atoms with E-state index in [4.69, 9.17) is 4.74 Å². The summed E-state index contributed by atoms with van der Waals surface area (Å²) in [5, 5.41) is 7.06. The molecule has 100 valence electrons. The van der Waals surface area contributed by atoms with Crippen molar-refractivity contribution in [3.05, 3.63) is 22.7 Å². The maximum atomic E-state index is 5.30. The summed E-state index contributed by atoms with van der Waals surface area (Å²) in [6.07, 6.45) is 3.78. The van der Waals surface area contributed by atoms with Gasteiger partial charge in [0.2, 0.25) is 0 Å². The van der Waals surface area contributed by atoms with E-state index in [1.807, 2.05) is 12.1 Å². The molecule has 1 fully saturated rings. The molecule has 0 radical (unpaired) electrons. The third kappa shape index (κ3) is 3.62. The molecule has 3 nitrogen and oxygen atoms in total. The molecule has 2 unspecified atom stereocenters. The van der Waals surface area contributed by atoms with Crippen molar-refractivity contribution in [2.24, 2.45) is 0 Å². The third-order valence-corrected chi connectivity index (χ3v) is 4.02. The van der Waals surface area contributed by atoms with E-state index in [0.29, 0.717) is 12.1 Å². The van der Waals surface area contributed by atoms with Gasteiger partial charge < -0.3 is 15.4 Å². The molecule has 2 rings (SSSR count). The topological polar surface area (TPSA) is 33.3 Å². The second-order valence-corrected chi connectivity index (χ2v) is 5.78. The summed E-state index contributed by atoms with van der Waals surface area (Å²) in [7, 11) is 1.69. The molecule has 18 heavy (non-hydrogen) atoms. The van der Waals surface area contributed by atoms with Gasteiger partial charge in [-0.3, -0.25) is 0 Å². The number of rotatable bonds is 5. The normalized spacial score (nSPS) is 20.7. The second-order valence-electron chi connectivity index (χ2n) is 4.92. The molecule has 1 heterocycles. The number of ether oxygens (including phenoxy) is 1. The standard InChI is InChI=1S/C14H21BrN2O/c1-10(8-11-4-3-7-16-11)17-12-5-6-13(15)14(9-12)18-2/h5-6,9-11,16-17H,3-4,7-8H2,1-2H3. The molecular formula is C14H21BrN2O. The van der Waals surface area contributed by atoms with Crippen LogP contribution in [0.5, 0.6) is 5.75 Å². The van der Waals surface area contributed by atoms with Crippen LogP contribution in [0.15, 0.2) is 22.7 Å². The van der Waals surface area contributed by atoms with Gasteiger partial charge in [-0.2, -0.15) is 0 Å². The first kappa shape index (κ1) is 13.7. The average Bonchev–Trinajstić information content (AvgIpc) is 2.84. The van der Waals surface area contributed by atoms with Gasteiger partial charge in [-0.1, -0.05) is 0 Å². The van der Waals surface area contributed by atoms with Gasteiger partial charge in [0.1, 0.15) is 5.75 Å². The molecule has 4 heteroatoms. The van der Waals surface area contributed by atoms with Crippen LogP contribution in [-0.2, 0) is 0 Å². The lowest BCUT2D eigenvalue weighted by atomic mass is 10.1. The fraction of sp³-hybridized carbons (Fsp3) is 0.571. The highest BCUT2D eigenvalue weighted by Crippen LogP contribution is 2.28. The molecule has 1 aromatic rings. The van der Waals surface area contributed by atoms with Gasteiger partial charge in [0.05, 0.1) is 11.6 Å².